The van der Waals surface area contributed by atoms with Crippen LogP contribution in [0.2, 0.25) is 10.0 Å². The van der Waals surface area contributed by atoms with Crippen LogP contribution in [-0.2, 0) is 22.5 Å². The molecule has 0 radical (unpaired) electrons. The molecule has 0 amide bonds. The predicted octanol–water partition coefficient (Wildman–Crippen LogP) is 3.94. The summed E-state index contributed by atoms with van der Waals surface area (Å²) in [7, 11) is 3.05. The molecule has 8 nitrogen and oxygen atoms in total. The number of carbonyl (C=O) groups is 2. The third-order valence-electron chi connectivity index (χ3n) is 4.48. The fraction of sp³-hybridized carbons (Fsp3) is 0.238. The molecule has 0 aliphatic heterocycles. The number of hydrogen-bond acceptors (Lipinski definition) is 7. The Labute approximate surface area is 188 Å². The number of pyridine rings is 1. The number of rotatable bonds is 9. The van der Waals surface area contributed by atoms with E-state index in [1.807, 2.05) is 0 Å². The molecule has 3 aromatic rings. The van der Waals surface area contributed by atoms with Gasteiger partial charge in [-0.2, -0.15) is 5.10 Å². The largest absolute Gasteiger partial charge is 0.493 e. The molecule has 0 aliphatic carbocycles. The highest BCUT2D eigenvalue weighted by Crippen LogP contribution is 2.35. The van der Waals surface area contributed by atoms with Gasteiger partial charge in [-0.3, -0.25) is 19.3 Å². The molecule has 1 aromatic carbocycles. The van der Waals surface area contributed by atoms with Crippen LogP contribution in [0.4, 0.5) is 0 Å². The number of ether oxygens (including phenoxy) is 3. The minimum Gasteiger partial charge on any atom is -0.493 e. The van der Waals surface area contributed by atoms with Crippen LogP contribution in [0.15, 0.2) is 43.0 Å². The van der Waals surface area contributed by atoms with Crippen LogP contribution in [0.1, 0.15) is 27.6 Å². The molecule has 10 heteroatoms. The number of methoxy groups -OCH3 is 2. The van der Waals surface area contributed by atoms with Crippen molar-refractivity contribution in [1.82, 2.24) is 14.8 Å². The van der Waals surface area contributed by atoms with Gasteiger partial charge in [-0.15, -0.1) is 0 Å². The lowest BCUT2D eigenvalue weighted by atomic mass is 10.0. The van der Waals surface area contributed by atoms with Gasteiger partial charge < -0.3 is 14.2 Å². The van der Waals surface area contributed by atoms with Crippen LogP contribution < -0.4 is 9.47 Å². The van der Waals surface area contributed by atoms with Crippen LogP contribution in [0.5, 0.6) is 11.5 Å². The van der Waals surface area contributed by atoms with Gasteiger partial charge in [0, 0.05) is 25.0 Å². The summed E-state index contributed by atoms with van der Waals surface area (Å²) in [5, 5.41) is 4.68. The van der Waals surface area contributed by atoms with Gasteiger partial charge in [0.1, 0.15) is 12.6 Å². The first kappa shape index (κ1) is 22.6. The summed E-state index contributed by atoms with van der Waals surface area (Å²) in [4.78, 5) is 27.4. The Hall–Kier alpha value is -3.10. The average Bonchev–Trinajstić information content (AvgIpc) is 3.22. The lowest BCUT2D eigenvalue weighted by Gasteiger charge is -2.21. The van der Waals surface area contributed by atoms with Crippen molar-refractivity contribution in [1.29, 1.82) is 0 Å². The van der Waals surface area contributed by atoms with E-state index in [-0.39, 0.29) is 13.0 Å². The SMILES string of the molecule is COc1ccc([C@H](Cc2c(Cl)cncc2Cl)OC(=O)Cn2cc(C=O)cn2)cc1OC. The summed E-state index contributed by atoms with van der Waals surface area (Å²) in [5.74, 6) is 0.464. The zero-order valence-electron chi connectivity index (χ0n) is 16.7. The minimum absolute atomic E-state index is 0.171. The Bertz CT molecular complexity index is 1070. The summed E-state index contributed by atoms with van der Waals surface area (Å²) in [6, 6.07) is 5.20. The number of hydrogen-bond donors (Lipinski definition) is 0. The molecule has 1 atom stereocenters. The monoisotopic (exact) mass is 463 g/mol. The van der Waals surface area contributed by atoms with E-state index in [2.05, 4.69) is 10.1 Å². The fourth-order valence-corrected chi connectivity index (χ4v) is 3.47. The molecule has 162 valence electrons. The molecule has 2 heterocycles. The first-order chi connectivity index (χ1) is 14.9. The number of nitrogens with zero attached hydrogens (tertiary/aromatic N) is 3. The predicted molar refractivity (Wildman–Crippen MR) is 114 cm³/mol. The fourth-order valence-electron chi connectivity index (χ4n) is 2.95. The van der Waals surface area contributed by atoms with Crippen molar-refractivity contribution in [3.05, 3.63) is 69.7 Å². The van der Waals surface area contributed by atoms with Gasteiger partial charge in [0.05, 0.1) is 36.0 Å². The standard InChI is InChI=1S/C21H19Cl2N3O5/c1-29-18-4-3-14(5-20(18)30-2)19(6-15-16(22)8-24-9-17(15)23)31-21(28)11-26-10-13(12-27)7-25-26/h3-5,7-10,12,19H,6,11H2,1-2H3/t19-/m0/s1. The number of aromatic nitrogens is 3. The van der Waals surface area contributed by atoms with Crippen molar-refractivity contribution >= 4 is 35.5 Å². The molecular weight excluding hydrogens is 445 g/mol. The number of halogens is 2. The van der Waals surface area contributed by atoms with Crippen molar-refractivity contribution < 1.29 is 23.8 Å². The van der Waals surface area contributed by atoms with Crippen LogP contribution >= 0.6 is 23.2 Å². The molecule has 3 rings (SSSR count). The van der Waals surface area contributed by atoms with Crippen LogP contribution in [0.25, 0.3) is 0 Å². The number of carbonyl (C=O) groups excluding carboxylic acids is 2. The quantitative estimate of drug-likeness (QED) is 0.350. The lowest BCUT2D eigenvalue weighted by molar-refractivity contribution is -0.150. The summed E-state index contributed by atoms with van der Waals surface area (Å²) >= 11 is 12.5. The maximum Gasteiger partial charge on any atom is 0.328 e. The third-order valence-corrected chi connectivity index (χ3v) is 5.13. The van der Waals surface area contributed by atoms with Crippen LogP contribution in [0, 0.1) is 0 Å². The van der Waals surface area contributed by atoms with Gasteiger partial charge >= 0.3 is 5.97 Å². The van der Waals surface area contributed by atoms with Crippen molar-refractivity contribution in [3.63, 3.8) is 0 Å². The summed E-state index contributed by atoms with van der Waals surface area (Å²) in [6.45, 7) is -0.171. The highest BCUT2D eigenvalue weighted by atomic mass is 35.5. The molecule has 2 aromatic heterocycles. The van der Waals surface area contributed by atoms with E-state index in [0.29, 0.717) is 44.5 Å². The van der Waals surface area contributed by atoms with Gasteiger partial charge in [0.25, 0.3) is 0 Å². The molecule has 0 saturated carbocycles. The molecule has 0 N–H and O–H groups in total. The third kappa shape index (κ3) is 5.53. The Kier molecular flexibility index (Phi) is 7.49. The summed E-state index contributed by atoms with van der Waals surface area (Å²) < 4.78 is 17.7. The number of esters is 1. The van der Waals surface area contributed by atoms with Crippen molar-refractivity contribution in [3.8, 4) is 11.5 Å². The van der Waals surface area contributed by atoms with Gasteiger partial charge in [0.15, 0.2) is 17.8 Å². The van der Waals surface area contributed by atoms with Gasteiger partial charge in [0.2, 0.25) is 0 Å². The number of benzene rings is 1. The Balaban J connectivity index is 1.90. The average molecular weight is 464 g/mol. The van der Waals surface area contributed by atoms with E-state index in [1.54, 1.807) is 18.2 Å². The second kappa shape index (κ2) is 10.3. The molecule has 0 saturated heterocycles. The maximum absolute atomic E-state index is 12.6. The molecule has 0 bridgehead atoms. The van der Waals surface area contributed by atoms with E-state index >= 15 is 0 Å². The first-order valence-electron chi connectivity index (χ1n) is 9.12. The van der Waals surface area contributed by atoms with E-state index in [0.717, 1.165) is 0 Å². The molecule has 0 aliphatic rings. The van der Waals surface area contributed by atoms with Crippen molar-refractivity contribution in [2.45, 2.75) is 19.1 Å². The van der Waals surface area contributed by atoms with E-state index in [1.165, 1.54) is 43.7 Å². The van der Waals surface area contributed by atoms with Gasteiger partial charge in [-0.1, -0.05) is 29.3 Å². The normalized spacial score (nSPS) is 11.6. The minimum atomic E-state index is -0.731. The van der Waals surface area contributed by atoms with E-state index in [4.69, 9.17) is 37.4 Å². The van der Waals surface area contributed by atoms with Crippen molar-refractivity contribution in [2.24, 2.45) is 0 Å². The van der Waals surface area contributed by atoms with E-state index in [9.17, 15) is 9.59 Å². The van der Waals surface area contributed by atoms with Crippen LogP contribution in [-0.4, -0.2) is 41.2 Å². The smallest absolute Gasteiger partial charge is 0.328 e. The first-order valence-corrected chi connectivity index (χ1v) is 9.87. The maximum atomic E-state index is 12.6. The highest BCUT2D eigenvalue weighted by molar-refractivity contribution is 6.35. The van der Waals surface area contributed by atoms with Gasteiger partial charge in [-0.25, -0.2) is 0 Å². The summed E-state index contributed by atoms with van der Waals surface area (Å²) in [5.41, 5.74) is 1.61. The Morgan fingerprint density at radius 1 is 1.13 bits per heavy atom. The van der Waals surface area contributed by atoms with Crippen LogP contribution in [0.3, 0.4) is 0 Å². The van der Waals surface area contributed by atoms with Gasteiger partial charge in [-0.05, 0) is 23.3 Å². The molecule has 0 spiro atoms. The highest BCUT2D eigenvalue weighted by Gasteiger charge is 2.22. The Morgan fingerprint density at radius 3 is 2.45 bits per heavy atom. The second-order valence-corrected chi connectivity index (χ2v) is 7.28. The number of aldehydes is 1. The summed E-state index contributed by atoms with van der Waals surface area (Å²) in [6.07, 6.45) is 5.89. The molecular formula is C21H19Cl2N3O5. The second-order valence-electron chi connectivity index (χ2n) is 6.47. The molecule has 31 heavy (non-hydrogen) atoms. The topological polar surface area (TPSA) is 92.5 Å². The van der Waals surface area contributed by atoms with Crippen molar-refractivity contribution in [2.75, 3.05) is 14.2 Å². The zero-order chi connectivity index (χ0) is 22.4. The zero-order valence-corrected chi connectivity index (χ0v) is 18.3. The van der Waals surface area contributed by atoms with E-state index < -0.39 is 12.1 Å². The lowest BCUT2D eigenvalue weighted by Crippen LogP contribution is -2.19. The Morgan fingerprint density at radius 2 is 1.84 bits per heavy atom. The molecule has 0 unspecified atom stereocenters. The molecule has 0 fully saturated rings.